The van der Waals surface area contributed by atoms with E-state index in [0.717, 1.165) is 37.7 Å². The number of rotatable bonds is 1. The molecule has 33 heavy (non-hydrogen) atoms. The second-order valence-corrected chi connectivity index (χ2v) is 9.11. The summed E-state index contributed by atoms with van der Waals surface area (Å²) in [7, 11) is 1.83. The van der Waals surface area contributed by atoms with Crippen molar-refractivity contribution in [3.05, 3.63) is 47.0 Å². The molecular weight excluding hydrogens is 423 g/mol. The summed E-state index contributed by atoms with van der Waals surface area (Å²) in [6.45, 7) is 1.01. The molecule has 3 aromatic rings. The maximum absolute atomic E-state index is 14.5. The molecule has 2 N–H and O–H groups in total. The third-order valence-electron chi connectivity index (χ3n) is 6.79. The number of amides is 1. The fraction of sp³-hybridized carbons (Fsp3) is 0.435. The third kappa shape index (κ3) is 3.40. The highest BCUT2D eigenvalue weighted by Gasteiger charge is 2.38. The number of hydrogen-bond acceptors (Lipinski definition) is 7. The summed E-state index contributed by atoms with van der Waals surface area (Å²) in [5.41, 5.74) is 8.88. The van der Waals surface area contributed by atoms with E-state index < -0.39 is 0 Å². The lowest BCUT2D eigenvalue weighted by Crippen LogP contribution is -2.38. The van der Waals surface area contributed by atoms with Gasteiger partial charge >= 0.3 is 0 Å². The molecule has 6 rings (SSSR count). The molecule has 0 unspecified atom stereocenters. The molecule has 2 aromatic heterocycles. The summed E-state index contributed by atoms with van der Waals surface area (Å²) in [4.78, 5) is 22.6. The van der Waals surface area contributed by atoms with Crippen molar-refractivity contribution in [1.82, 2.24) is 29.9 Å². The topological polar surface area (TPSA) is 106 Å². The number of benzene rings is 1. The van der Waals surface area contributed by atoms with Gasteiger partial charge in [-0.15, -0.1) is 10.2 Å². The van der Waals surface area contributed by atoms with E-state index in [-0.39, 0.29) is 29.6 Å². The largest absolute Gasteiger partial charge is 0.379 e. The minimum atomic E-state index is -0.362. The standard InChI is InChI=1S/C23H25FN8O/c1-30-11-17-18(29-30)12-32(14-6-7-14)23(33)15-8-5-13(24)10-16(15)19-4-2-3-9-31(19)22-20(25)27-28-21(17)26-22/h5,8,10-11,14,19H,2-4,6-7,9,12H2,1H3,(H2,25,27)/t19-/m1/s1. The van der Waals surface area contributed by atoms with Crippen LogP contribution in [0, 0.1) is 5.82 Å². The number of fused-ring (bicyclic) bond motifs is 8. The number of hydrogen-bond donors (Lipinski definition) is 1. The van der Waals surface area contributed by atoms with Gasteiger partial charge in [0.2, 0.25) is 0 Å². The maximum Gasteiger partial charge on any atom is 0.254 e. The van der Waals surface area contributed by atoms with Crippen LogP contribution in [0.1, 0.15) is 59.8 Å². The number of aryl methyl sites for hydroxylation is 1. The molecule has 1 amide bonds. The Bertz CT molecular complexity index is 1250. The summed E-state index contributed by atoms with van der Waals surface area (Å²) in [5.74, 6) is 0.707. The number of carbonyl (C=O) groups excluding carboxylic acids is 1. The van der Waals surface area contributed by atoms with Crippen molar-refractivity contribution >= 4 is 17.5 Å². The Morgan fingerprint density at radius 1 is 1.09 bits per heavy atom. The van der Waals surface area contributed by atoms with Crippen LogP contribution in [0.25, 0.3) is 11.4 Å². The molecule has 10 heteroatoms. The molecule has 2 aliphatic heterocycles. The molecule has 1 saturated carbocycles. The first-order valence-electron chi connectivity index (χ1n) is 11.4. The average Bonchev–Trinajstić information content (AvgIpc) is 3.59. The Morgan fingerprint density at radius 2 is 1.94 bits per heavy atom. The number of halogens is 1. The van der Waals surface area contributed by atoms with Crippen molar-refractivity contribution in [2.75, 3.05) is 17.2 Å². The SMILES string of the molecule is Cn1cc2c(n1)CN(C1CC1)C(=O)c1ccc(F)cc1[C@H]1CCCCN1c1nc-2nnc1N. The van der Waals surface area contributed by atoms with E-state index in [1.807, 2.05) is 18.1 Å². The van der Waals surface area contributed by atoms with Gasteiger partial charge in [-0.3, -0.25) is 9.48 Å². The fourth-order valence-corrected chi connectivity index (χ4v) is 5.07. The zero-order chi connectivity index (χ0) is 22.7. The highest BCUT2D eigenvalue weighted by molar-refractivity contribution is 5.96. The van der Waals surface area contributed by atoms with Gasteiger partial charge < -0.3 is 15.5 Å². The minimum absolute atomic E-state index is 0.0918. The zero-order valence-corrected chi connectivity index (χ0v) is 18.4. The first kappa shape index (κ1) is 20.1. The molecule has 0 spiro atoms. The third-order valence-corrected chi connectivity index (χ3v) is 6.79. The van der Waals surface area contributed by atoms with Crippen molar-refractivity contribution in [2.45, 2.75) is 50.7 Å². The second kappa shape index (κ2) is 7.50. The van der Waals surface area contributed by atoms with Crippen LogP contribution in [-0.4, -0.2) is 48.4 Å². The number of aromatic nitrogens is 5. The monoisotopic (exact) mass is 448 g/mol. The van der Waals surface area contributed by atoms with E-state index in [1.165, 1.54) is 12.1 Å². The van der Waals surface area contributed by atoms with Gasteiger partial charge in [0, 0.05) is 31.4 Å². The molecule has 1 saturated heterocycles. The molecule has 2 bridgehead atoms. The second-order valence-electron chi connectivity index (χ2n) is 9.11. The quantitative estimate of drug-likeness (QED) is 0.610. The average molecular weight is 449 g/mol. The molecule has 1 aliphatic carbocycles. The van der Waals surface area contributed by atoms with Crippen LogP contribution in [0.15, 0.2) is 24.4 Å². The molecular formula is C23H25FN8O. The van der Waals surface area contributed by atoms with Gasteiger partial charge in [-0.05, 0) is 55.9 Å². The van der Waals surface area contributed by atoms with Gasteiger partial charge in [0.25, 0.3) is 5.91 Å². The fourth-order valence-electron chi connectivity index (χ4n) is 5.07. The van der Waals surface area contributed by atoms with E-state index in [2.05, 4.69) is 20.2 Å². The van der Waals surface area contributed by atoms with Crippen LogP contribution in [0.2, 0.25) is 0 Å². The predicted molar refractivity (Wildman–Crippen MR) is 120 cm³/mol. The lowest BCUT2D eigenvalue weighted by molar-refractivity contribution is 0.0725. The normalized spacial score (nSPS) is 20.4. The van der Waals surface area contributed by atoms with Gasteiger partial charge in [0.05, 0.1) is 23.8 Å². The maximum atomic E-state index is 14.5. The van der Waals surface area contributed by atoms with Crippen LogP contribution in [0.4, 0.5) is 16.0 Å². The van der Waals surface area contributed by atoms with Gasteiger partial charge in [-0.1, -0.05) is 0 Å². The van der Waals surface area contributed by atoms with E-state index >= 15 is 0 Å². The summed E-state index contributed by atoms with van der Waals surface area (Å²) >= 11 is 0. The number of nitrogens with two attached hydrogens (primary N) is 1. The molecule has 1 aromatic carbocycles. The lowest BCUT2D eigenvalue weighted by atomic mass is 9.91. The smallest absolute Gasteiger partial charge is 0.254 e. The molecule has 4 heterocycles. The number of nitrogens with zero attached hydrogens (tertiary/aromatic N) is 7. The molecule has 2 fully saturated rings. The highest BCUT2D eigenvalue weighted by atomic mass is 19.1. The van der Waals surface area contributed by atoms with Crippen LogP contribution < -0.4 is 10.6 Å². The molecule has 0 radical (unpaired) electrons. The first-order chi connectivity index (χ1) is 16.0. The van der Waals surface area contributed by atoms with Crippen molar-refractivity contribution in [1.29, 1.82) is 0 Å². The Balaban J connectivity index is 1.61. The number of piperidine rings is 1. The number of anilines is 2. The lowest BCUT2D eigenvalue weighted by Gasteiger charge is -2.38. The summed E-state index contributed by atoms with van der Waals surface area (Å²) in [6.07, 6.45) is 6.43. The van der Waals surface area contributed by atoms with Crippen LogP contribution in [0.3, 0.4) is 0 Å². The van der Waals surface area contributed by atoms with E-state index in [9.17, 15) is 9.18 Å². The summed E-state index contributed by atoms with van der Waals surface area (Å²) in [6, 6.07) is 4.40. The molecule has 170 valence electrons. The summed E-state index contributed by atoms with van der Waals surface area (Å²) in [5, 5.41) is 13.1. The van der Waals surface area contributed by atoms with Gasteiger partial charge in [-0.2, -0.15) is 5.10 Å². The Hall–Kier alpha value is -3.56. The zero-order valence-electron chi connectivity index (χ0n) is 18.4. The van der Waals surface area contributed by atoms with E-state index in [1.54, 1.807) is 10.7 Å². The van der Waals surface area contributed by atoms with Crippen LogP contribution in [-0.2, 0) is 13.6 Å². The van der Waals surface area contributed by atoms with Crippen molar-refractivity contribution < 1.29 is 9.18 Å². The Kier molecular flexibility index (Phi) is 4.56. The highest BCUT2D eigenvalue weighted by Crippen LogP contribution is 2.40. The van der Waals surface area contributed by atoms with Crippen molar-refractivity contribution in [3.63, 3.8) is 0 Å². The minimum Gasteiger partial charge on any atom is -0.379 e. The van der Waals surface area contributed by atoms with Crippen LogP contribution in [0.5, 0.6) is 0 Å². The predicted octanol–water partition coefficient (Wildman–Crippen LogP) is 2.84. The van der Waals surface area contributed by atoms with Gasteiger partial charge in [0.1, 0.15) is 5.82 Å². The molecule has 3 aliphatic rings. The number of carbonyl (C=O) groups is 1. The summed E-state index contributed by atoms with van der Waals surface area (Å²) < 4.78 is 16.2. The van der Waals surface area contributed by atoms with Crippen LogP contribution >= 0.6 is 0 Å². The number of nitrogen functional groups attached to an aromatic ring is 1. The van der Waals surface area contributed by atoms with Gasteiger partial charge in [0.15, 0.2) is 17.5 Å². The van der Waals surface area contributed by atoms with Crippen molar-refractivity contribution in [3.8, 4) is 11.4 Å². The van der Waals surface area contributed by atoms with E-state index in [0.29, 0.717) is 41.6 Å². The van der Waals surface area contributed by atoms with Crippen molar-refractivity contribution in [2.24, 2.45) is 7.05 Å². The molecule has 9 nitrogen and oxygen atoms in total. The first-order valence-corrected chi connectivity index (χ1v) is 11.4. The Morgan fingerprint density at radius 3 is 2.76 bits per heavy atom. The van der Waals surface area contributed by atoms with E-state index in [4.69, 9.17) is 10.7 Å². The Labute approximate surface area is 190 Å². The van der Waals surface area contributed by atoms with Gasteiger partial charge in [-0.25, -0.2) is 9.37 Å². The molecule has 1 atom stereocenters.